The van der Waals surface area contributed by atoms with Crippen molar-refractivity contribution < 1.29 is 9.18 Å². The number of nitrogens with zero attached hydrogens (tertiary/aromatic N) is 1. The maximum Gasteiger partial charge on any atom is 0.259 e. The second kappa shape index (κ2) is 6.14. The SMILES string of the molecule is CCNc1ccncc1C(=O)Nc1ccc(F)c(C)c1. The van der Waals surface area contributed by atoms with Gasteiger partial charge in [0.15, 0.2) is 0 Å². The number of hydrogen-bond donors (Lipinski definition) is 2. The van der Waals surface area contributed by atoms with Crippen LogP contribution in [-0.4, -0.2) is 17.4 Å². The Labute approximate surface area is 117 Å². The third kappa shape index (κ3) is 3.12. The number of rotatable bonds is 4. The van der Waals surface area contributed by atoms with Crippen molar-refractivity contribution >= 4 is 17.3 Å². The molecule has 5 heteroatoms. The standard InChI is InChI=1S/C15H16FN3O/c1-3-18-14-6-7-17-9-12(14)15(20)19-11-4-5-13(16)10(2)8-11/h4-9H,3H2,1-2H3,(H,17,18)(H,19,20). The Balaban J connectivity index is 2.21. The quantitative estimate of drug-likeness (QED) is 0.899. The number of carbonyl (C=O) groups is 1. The molecule has 2 rings (SSSR count). The molecule has 4 nitrogen and oxygen atoms in total. The molecule has 0 fully saturated rings. The highest BCUT2D eigenvalue weighted by Gasteiger charge is 2.11. The molecule has 0 bridgehead atoms. The summed E-state index contributed by atoms with van der Waals surface area (Å²) in [4.78, 5) is 16.2. The van der Waals surface area contributed by atoms with Gasteiger partial charge < -0.3 is 10.6 Å². The zero-order valence-electron chi connectivity index (χ0n) is 11.4. The smallest absolute Gasteiger partial charge is 0.259 e. The molecular weight excluding hydrogens is 257 g/mol. The fraction of sp³-hybridized carbons (Fsp3) is 0.200. The first kappa shape index (κ1) is 14.0. The zero-order valence-corrected chi connectivity index (χ0v) is 11.4. The molecule has 20 heavy (non-hydrogen) atoms. The van der Waals surface area contributed by atoms with Crippen LogP contribution >= 0.6 is 0 Å². The summed E-state index contributed by atoms with van der Waals surface area (Å²) in [6, 6.07) is 6.20. The average molecular weight is 273 g/mol. The number of amides is 1. The van der Waals surface area contributed by atoms with Crippen LogP contribution < -0.4 is 10.6 Å². The van der Waals surface area contributed by atoms with Crippen LogP contribution in [0.4, 0.5) is 15.8 Å². The number of carbonyl (C=O) groups excluding carboxylic acids is 1. The molecule has 0 aliphatic carbocycles. The topological polar surface area (TPSA) is 54.0 Å². The molecule has 104 valence electrons. The molecule has 0 saturated carbocycles. The van der Waals surface area contributed by atoms with Gasteiger partial charge in [-0.25, -0.2) is 4.39 Å². The van der Waals surface area contributed by atoms with Crippen molar-refractivity contribution in [3.8, 4) is 0 Å². The van der Waals surface area contributed by atoms with Gasteiger partial charge in [-0.05, 0) is 43.7 Å². The molecule has 2 aromatic rings. The fourth-order valence-electron chi connectivity index (χ4n) is 1.84. The van der Waals surface area contributed by atoms with Crippen LogP contribution in [0.15, 0.2) is 36.7 Å². The van der Waals surface area contributed by atoms with Crippen molar-refractivity contribution in [2.75, 3.05) is 17.2 Å². The van der Waals surface area contributed by atoms with Gasteiger partial charge in [0.25, 0.3) is 5.91 Å². The molecule has 1 aromatic heterocycles. The van der Waals surface area contributed by atoms with Crippen LogP contribution in [0.1, 0.15) is 22.8 Å². The number of aromatic nitrogens is 1. The summed E-state index contributed by atoms with van der Waals surface area (Å²) >= 11 is 0. The molecular formula is C15H16FN3O. The lowest BCUT2D eigenvalue weighted by Crippen LogP contribution is -2.15. The van der Waals surface area contributed by atoms with E-state index in [4.69, 9.17) is 0 Å². The number of hydrogen-bond acceptors (Lipinski definition) is 3. The van der Waals surface area contributed by atoms with Gasteiger partial charge in [-0.15, -0.1) is 0 Å². The fourth-order valence-corrected chi connectivity index (χ4v) is 1.84. The minimum atomic E-state index is -0.294. The second-order valence-electron chi connectivity index (χ2n) is 4.37. The number of pyridine rings is 1. The molecule has 0 saturated heterocycles. The first-order valence-corrected chi connectivity index (χ1v) is 6.37. The number of halogens is 1. The number of aryl methyl sites for hydroxylation is 1. The highest BCUT2D eigenvalue weighted by Crippen LogP contribution is 2.18. The van der Waals surface area contributed by atoms with Gasteiger partial charge >= 0.3 is 0 Å². The van der Waals surface area contributed by atoms with E-state index in [9.17, 15) is 9.18 Å². The molecule has 0 atom stereocenters. The van der Waals surface area contributed by atoms with Crippen LogP contribution in [-0.2, 0) is 0 Å². The molecule has 0 radical (unpaired) electrons. The highest BCUT2D eigenvalue weighted by molar-refractivity contribution is 6.07. The van der Waals surface area contributed by atoms with Gasteiger partial charge in [0.2, 0.25) is 0 Å². The lowest BCUT2D eigenvalue weighted by molar-refractivity contribution is 0.102. The molecule has 0 aliphatic rings. The molecule has 1 heterocycles. The van der Waals surface area contributed by atoms with E-state index in [1.54, 1.807) is 25.3 Å². The monoisotopic (exact) mass is 273 g/mol. The summed E-state index contributed by atoms with van der Waals surface area (Å²) in [5.74, 6) is -0.572. The molecule has 0 spiro atoms. The lowest BCUT2D eigenvalue weighted by Gasteiger charge is -2.11. The van der Waals surface area contributed by atoms with Crippen molar-refractivity contribution in [2.24, 2.45) is 0 Å². The summed E-state index contributed by atoms with van der Waals surface area (Å²) in [5, 5.41) is 5.84. The highest BCUT2D eigenvalue weighted by atomic mass is 19.1. The minimum Gasteiger partial charge on any atom is -0.385 e. The Morgan fingerprint density at radius 1 is 1.35 bits per heavy atom. The van der Waals surface area contributed by atoms with Gasteiger partial charge in [-0.3, -0.25) is 9.78 Å². The van der Waals surface area contributed by atoms with Gasteiger partial charge in [-0.1, -0.05) is 0 Å². The van der Waals surface area contributed by atoms with E-state index in [1.807, 2.05) is 6.92 Å². The maximum atomic E-state index is 13.2. The van der Waals surface area contributed by atoms with Crippen LogP contribution in [0.5, 0.6) is 0 Å². The van der Waals surface area contributed by atoms with E-state index >= 15 is 0 Å². The van der Waals surface area contributed by atoms with E-state index in [0.29, 0.717) is 23.4 Å². The van der Waals surface area contributed by atoms with Crippen LogP contribution in [0, 0.1) is 12.7 Å². The number of nitrogens with one attached hydrogen (secondary N) is 2. The van der Waals surface area contributed by atoms with Crippen molar-refractivity contribution in [3.05, 3.63) is 53.6 Å². The minimum absolute atomic E-state index is 0.278. The van der Waals surface area contributed by atoms with E-state index in [0.717, 1.165) is 5.69 Å². The average Bonchev–Trinajstić information content (AvgIpc) is 2.44. The van der Waals surface area contributed by atoms with E-state index in [-0.39, 0.29) is 11.7 Å². The predicted molar refractivity (Wildman–Crippen MR) is 77.5 cm³/mol. The summed E-state index contributed by atoms with van der Waals surface area (Å²) in [7, 11) is 0. The normalized spacial score (nSPS) is 10.2. The maximum absolute atomic E-state index is 13.2. The summed E-state index contributed by atoms with van der Waals surface area (Å²) < 4.78 is 13.2. The van der Waals surface area contributed by atoms with Gasteiger partial charge in [0, 0.05) is 24.6 Å². The Bertz CT molecular complexity index is 628. The van der Waals surface area contributed by atoms with Crippen molar-refractivity contribution in [1.82, 2.24) is 4.98 Å². The van der Waals surface area contributed by atoms with Crippen molar-refractivity contribution in [3.63, 3.8) is 0 Å². The van der Waals surface area contributed by atoms with Gasteiger partial charge in [-0.2, -0.15) is 0 Å². The van der Waals surface area contributed by atoms with Crippen molar-refractivity contribution in [1.29, 1.82) is 0 Å². The molecule has 0 aliphatic heterocycles. The van der Waals surface area contributed by atoms with E-state index < -0.39 is 0 Å². The molecule has 2 N–H and O–H groups in total. The third-order valence-corrected chi connectivity index (χ3v) is 2.85. The molecule has 1 amide bonds. The van der Waals surface area contributed by atoms with Crippen LogP contribution in [0.25, 0.3) is 0 Å². The Kier molecular flexibility index (Phi) is 4.30. The van der Waals surface area contributed by atoms with Gasteiger partial charge in [0.1, 0.15) is 5.82 Å². The van der Waals surface area contributed by atoms with Crippen LogP contribution in [0.3, 0.4) is 0 Å². The van der Waals surface area contributed by atoms with Gasteiger partial charge in [0.05, 0.1) is 11.3 Å². The summed E-state index contributed by atoms with van der Waals surface area (Å²) in [5.41, 5.74) is 2.22. The largest absolute Gasteiger partial charge is 0.385 e. The van der Waals surface area contributed by atoms with E-state index in [2.05, 4.69) is 15.6 Å². The third-order valence-electron chi connectivity index (χ3n) is 2.85. The molecule has 1 aromatic carbocycles. The molecule has 0 unspecified atom stereocenters. The number of benzene rings is 1. The first-order valence-electron chi connectivity index (χ1n) is 6.37. The predicted octanol–water partition coefficient (Wildman–Crippen LogP) is 3.21. The first-order chi connectivity index (χ1) is 9.61. The Morgan fingerprint density at radius 2 is 2.15 bits per heavy atom. The van der Waals surface area contributed by atoms with Crippen molar-refractivity contribution in [2.45, 2.75) is 13.8 Å². The Morgan fingerprint density at radius 3 is 2.85 bits per heavy atom. The second-order valence-corrected chi connectivity index (χ2v) is 4.37. The summed E-state index contributed by atoms with van der Waals surface area (Å²) in [6.07, 6.45) is 3.13. The summed E-state index contributed by atoms with van der Waals surface area (Å²) in [6.45, 7) is 4.31. The number of anilines is 2. The lowest BCUT2D eigenvalue weighted by atomic mass is 10.2. The van der Waals surface area contributed by atoms with Crippen LogP contribution in [0.2, 0.25) is 0 Å². The zero-order chi connectivity index (χ0) is 14.5. The van der Waals surface area contributed by atoms with E-state index in [1.165, 1.54) is 18.3 Å². The Hall–Kier alpha value is -2.43.